The summed E-state index contributed by atoms with van der Waals surface area (Å²) in [5.74, 6) is -0.0519. The van der Waals surface area contributed by atoms with Crippen LogP contribution in [0.5, 0.6) is 0 Å². The summed E-state index contributed by atoms with van der Waals surface area (Å²) in [5.41, 5.74) is 7.31. The highest BCUT2D eigenvalue weighted by Crippen LogP contribution is 2.12. The van der Waals surface area contributed by atoms with Crippen molar-refractivity contribution >= 4 is 5.91 Å². The van der Waals surface area contributed by atoms with Crippen LogP contribution in [0, 0.1) is 0 Å². The van der Waals surface area contributed by atoms with Crippen LogP contribution in [0.15, 0.2) is 24.3 Å². The van der Waals surface area contributed by atoms with E-state index in [2.05, 4.69) is 0 Å². The van der Waals surface area contributed by atoms with Gasteiger partial charge in [-0.1, -0.05) is 12.1 Å². The summed E-state index contributed by atoms with van der Waals surface area (Å²) in [6.45, 7) is 1.95. The van der Waals surface area contributed by atoms with Gasteiger partial charge in [0.15, 0.2) is 0 Å². The Hall–Kier alpha value is -1.39. The molecule has 1 aromatic carbocycles. The Kier molecular flexibility index (Phi) is 4.12. The molecule has 0 saturated carbocycles. The van der Waals surface area contributed by atoms with E-state index in [0.717, 1.165) is 24.8 Å². The van der Waals surface area contributed by atoms with Crippen LogP contribution in [0.2, 0.25) is 0 Å². The first kappa shape index (κ1) is 12.1. The molecule has 2 N–H and O–H groups in total. The highest BCUT2D eigenvalue weighted by molar-refractivity contribution is 5.93. The molecular weight excluding hydrogens is 216 g/mol. The average molecular weight is 234 g/mol. The van der Waals surface area contributed by atoms with Crippen molar-refractivity contribution in [2.45, 2.75) is 19.3 Å². The molecular formula is C13H18N2O2. The summed E-state index contributed by atoms with van der Waals surface area (Å²) in [4.78, 5) is 17.4. The lowest BCUT2D eigenvalue weighted by molar-refractivity contribution is -0.144. The van der Waals surface area contributed by atoms with Crippen molar-refractivity contribution in [3.63, 3.8) is 0 Å². The number of nitrogens with zero attached hydrogens (tertiary/aromatic N) is 1. The lowest BCUT2D eigenvalue weighted by Gasteiger charge is -2.25. The number of hydroxylamine groups is 2. The highest BCUT2D eigenvalue weighted by Gasteiger charge is 2.18. The summed E-state index contributed by atoms with van der Waals surface area (Å²) in [6.07, 6.45) is 2.88. The standard InChI is InChI=1S/C13H18N2O2/c14-8-7-11-3-5-12(6-4-11)13(16)15-9-1-2-10-17-15/h3-6H,1-2,7-10,14H2. The number of carbonyl (C=O) groups excluding carboxylic acids is 1. The predicted molar refractivity (Wildman–Crippen MR) is 65.4 cm³/mol. The lowest BCUT2D eigenvalue weighted by Crippen LogP contribution is -2.35. The van der Waals surface area contributed by atoms with Crippen molar-refractivity contribution < 1.29 is 9.63 Å². The molecule has 0 spiro atoms. The van der Waals surface area contributed by atoms with Gasteiger partial charge in [-0.05, 0) is 43.5 Å². The molecule has 1 aliphatic rings. The van der Waals surface area contributed by atoms with Gasteiger partial charge >= 0.3 is 0 Å². The molecule has 1 amide bonds. The topological polar surface area (TPSA) is 55.6 Å². The normalized spacial score (nSPS) is 15.9. The third-order valence-corrected chi connectivity index (χ3v) is 2.86. The van der Waals surface area contributed by atoms with Crippen LogP contribution < -0.4 is 5.73 Å². The smallest absolute Gasteiger partial charge is 0.277 e. The average Bonchev–Trinajstić information content (AvgIpc) is 2.40. The molecule has 4 heteroatoms. The number of amides is 1. The zero-order valence-corrected chi connectivity index (χ0v) is 9.89. The lowest BCUT2D eigenvalue weighted by atomic mass is 10.1. The molecule has 0 unspecified atom stereocenters. The Morgan fingerprint density at radius 1 is 1.29 bits per heavy atom. The van der Waals surface area contributed by atoms with E-state index in [1.54, 1.807) is 0 Å². The van der Waals surface area contributed by atoms with Gasteiger partial charge in [0.05, 0.1) is 6.61 Å². The van der Waals surface area contributed by atoms with Crippen molar-refractivity contribution in [1.82, 2.24) is 5.06 Å². The molecule has 17 heavy (non-hydrogen) atoms. The zero-order valence-electron chi connectivity index (χ0n) is 9.89. The minimum atomic E-state index is -0.0519. The van der Waals surface area contributed by atoms with Crippen molar-refractivity contribution in [2.75, 3.05) is 19.7 Å². The van der Waals surface area contributed by atoms with Gasteiger partial charge in [-0.25, -0.2) is 5.06 Å². The molecule has 1 heterocycles. The fourth-order valence-corrected chi connectivity index (χ4v) is 1.88. The fraction of sp³-hybridized carbons (Fsp3) is 0.462. The summed E-state index contributed by atoms with van der Waals surface area (Å²) in [5, 5.41) is 1.46. The highest BCUT2D eigenvalue weighted by atomic mass is 16.7. The van der Waals surface area contributed by atoms with E-state index >= 15 is 0 Å². The van der Waals surface area contributed by atoms with E-state index < -0.39 is 0 Å². The van der Waals surface area contributed by atoms with E-state index in [1.165, 1.54) is 5.06 Å². The molecule has 1 saturated heterocycles. The summed E-state index contributed by atoms with van der Waals surface area (Å²) < 4.78 is 0. The second-order valence-electron chi connectivity index (χ2n) is 4.18. The number of carbonyl (C=O) groups is 1. The van der Waals surface area contributed by atoms with Gasteiger partial charge in [-0.15, -0.1) is 0 Å². The minimum Gasteiger partial charge on any atom is -0.330 e. The zero-order chi connectivity index (χ0) is 12.1. The second kappa shape index (κ2) is 5.80. The van der Waals surface area contributed by atoms with Crippen LogP contribution in [0.3, 0.4) is 0 Å². The molecule has 0 radical (unpaired) electrons. The minimum absolute atomic E-state index is 0.0519. The molecule has 0 aliphatic carbocycles. The Morgan fingerprint density at radius 3 is 2.65 bits per heavy atom. The summed E-state index contributed by atoms with van der Waals surface area (Å²) >= 11 is 0. The number of rotatable bonds is 3. The van der Waals surface area contributed by atoms with E-state index in [4.69, 9.17) is 10.6 Å². The third-order valence-electron chi connectivity index (χ3n) is 2.86. The van der Waals surface area contributed by atoms with Crippen molar-refractivity contribution in [1.29, 1.82) is 0 Å². The van der Waals surface area contributed by atoms with Gasteiger partial charge < -0.3 is 5.73 Å². The van der Waals surface area contributed by atoms with Crippen LogP contribution in [-0.4, -0.2) is 30.7 Å². The first-order chi connectivity index (χ1) is 8.31. The first-order valence-electron chi connectivity index (χ1n) is 6.05. The van der Waals surface area contributed by atoms with Crippen molar-refractivity contribution in [3.05, 3.63) is 35.4 Å². The second-order valence-corrected chi connectivity index (χ2v) is 4.18. The number of nitrogens with two attached hydrogens (primary N) is 1. The fourth-order valence-electron chi connectivity index (χ4n) is 1.88. The monoisotopic (exact) mass is 234 g/mol. The van der Waals surface area contributed by atoms with Gasteiger partial charge in [0.25, 0.3) is 5.91 Å². The molecule has 0 bridgehead atoms. The molecule has 1 fully saturated rings. The number of benzene rings is 1. The maximum Gasteiger partial charge on any atom is 0.277 e. The molecule has 0 atom stereocenters. The Labute approximate surface area is 101 Å². The predicted octanol–water partition coefficient (Wildman–Crippen LogP) is 1.36. The summed E-state index contributed by atoms with van der Waals surface area (Å²) in [6, 6.07) is 7.57. The molecule has 0 aromatic heterocycles. The van der Waals surface area contributed by atoms with Gasteiger partial charge in [-0.2, -0.15) is 0 Å². The summed E-state index contributed by atoms with van der Waals surface area (Å²) in [7, 11) is 0. The molecule has 92 valence electrons. The SMILES string of the molecule is NCCc1ccc(C(=O)N2CCCCO2)cc1. The number of hydrogen-bond donors (Lipinski definition) is 1. The first-order valence-corrected chi connectivity index (χ1v) is 6.05. The Morgan fingerprint density at radius 2 is 2.06 bits per heavy atom. The third kappa shape index (κ3) is 3.05. The largest absolute Gasteiger partial charge is 0.330 e. The van der Waals surface area contributed by atoms with Crippen LogP contribution in [0.25, 0.3) is 0 Å². The Bertz CT molecular complexity index is 370. The molecule has 1 aromatic rings. The van der Waals surface area contributed by atoms with E-state index in [9.17, 15) is 4.79 Å². The van der Waals surface area contributed by atoms with Crippen molar-refractivity contribution in [2.24, 2.45) is 5.73 Å². The molecule has 4 nitrogen and oxygen atoms in total. The van der Waals surface area contributed by atoms with E-state index in [-0.39, 0.29) is 5.91 Å². The van der Waals surface area contributed by atoms with Gasteiger partial charge in [-0.3, -0.25) is 9.63 Å². The van der Waals surface area contributed by atoms with E-state index in [0.29, 0.717) is 25.3 Å². The van der Waals surface area contributed by atoms with Crippen LogP contribution in [-0.2, 0) is 11.3 Å². The van der Waals surface area contributed by atoms with Gasteiger partial charge in [0.1, 0.15) is 0 Å². The number of hydrogen-bond acceptors (Lipinski definition) is 3. The van der Waals surface area contributed by atoms with E-state index in [1.807, 2.05) is 24.3 Å². The van der Waals surface area contributed by atoms with Crippen LogP contribution in [0.1, 0.15) is 28.8 Å². The molecule has 1 aliphatic heterocycles. The quantitative estimate of drug-likeness (QED) is 0.859. The van der Waals surface area contributed by atoms with Crippen LogP contribution in [0.4, 0.5) is 0 Å². The molecule has 2 rings (SSSR count). The maximum absolute atomic E-state index is 12.0. The Balaban J connectivity index is 2.03. The maximum atomic E-state index is 12.0. The van der Waals surface area contributed by atoms with Gasteiger partial charge in [0.2, 0.25) is 0 Å². The van der Waals surface area contributed by atoms with Crippen molar-refractivity contribution in [3.8, 4) is 0 Å². The van der Waals surface area contributed by atoms with Gasteiger partial charge in [0, 0.05) is 12.1 Å². The van der Waals surface area contributed by atoms with Crippen LogP contribution >= 0.6 is 0 Å².